The number of nitrogens with zero attached hydrogens (tertiary/aromatic N) is 2. The maximum Gasteiger partial charge on any atom is 0.0900 e. The van der Waals surface area contributed by atoms with Gasteiger partial charge in [0.2, 0.25) is 0 Å². The number of hydrogen-bond acceptors (Lipinski definition) is 5. The molecule has 1 fully saturated rings. The van der Waals surface area contributed by atoms with Gasteiger partial charge < -0.3 is 10.5 Å². The third kappa shape index (κ3) is 3.16. The zero-order valence-electron chi connectivity index (χ0n) is 12.3. The van der Waals surface area contributed by atoms with Gasteiger partial charge in [0.05, 0.1) is 22.8 Å². The molecule has 108 valence electrons. The van der Waals surface area contributed by atoms with Crippen LogP contribution in [0.1, 0.15) is 41.4 Å². The summed E-state index contributed by atoms with van der Waals surface area (Å²) in [5.74, 6) is 0. The minimum atomic E-state index is 0.344. The lowest BCUT2D eigenvalue weighted by molar-refractivity contribution is -0.00231. The summed E-state index contributed by atoms with van der Waals surface area (Å²) in [7, 11) is 1.80. The molecule has 19 heavy (non-hydrogen) atoms. The van der Waals surface area contributed by atoms with Gasteiger partial charge in [-0.2, -0.15) is 0 Å². The van der Waals surface area contributed by atoms with Gasteiger partial charge in [0.25, 0.3) is 0 Å². The van der Waals surface area contributed by atoms with E-state index in [1.807, 2.05) is 0 Å². The number of piperidine rings is 1. The molecular formula is C14H25N3OS. The molecule has 0 aromatic carbocycles. The maximum absolute atomic E-state index is 5.95. The van der Waals surface area contributed by atoms with E-state index in [0.29, 0.717) is 24.7 Å². The maximum atomic E-state index is 5.95. The SMILES string of the molecule is COC1CCN(C(C)c2nc(C)sc2C)C(CN)C1. The van der Waals surface area contributed by atoms with Crippen molar-refractivity contribution in [2.24, 2.45) is 5.73 Å². The fourth-order valence-corrected chi connectivity index (χ4v) is 3.99. The molecule has 0 amide bonds. The van der Waals surface area contributed by atoms with Crippen molar-refractivity contribution < 1.29 is 4.74 Å². The fourth-order valence-electron chi connectivity index (χ4n) is 3.08. The predicted octanol–water partition coefficient (Wildman–Crippen LogP) is 2.26. The van der Waals surface area contributed by atoms with E-state index >= 15 is 0 Å². The smallest absolute Gasteiger partial charge is 0.0900 e. The van der Waals surface area contributed by atoms with Gasteiger partial charge in [-0.3, -0.25) is 4.90 Å². The van der Waals surface area contributed by atoms with Crippen LogP contribution in [0.3, 0.4) is 0 Å². The van der Waals surface area contributed by atoms with Crippen molar-refractivity contribution in [2.45, 2.75) is 51.8 Å². The van der Waals surface area contributed by atoms with E-state index in [1.54, 1.807) is 18.4 Å². The third-order valence-corrected chi connectivity index (χ3v) is 5.05. The van der Waals surface area contributed by atoms with Gasteiger partial charge in [0, 0.05) is 31.1 Å². The van der Waals surface area contributed by atoms with Crippen LogP contribution in [-0.2, 0) is 4.74 Å². The fraction of sp³-hybridized carbons (Fsp3) is 0.786. The Morgan fingerprint density at radius 3 is 2.79 bits per heavy atom. The number of hydrogen-bond donors (Lipinski definition) is 1. The Bertz CT molecular complexity index is 421. The monoisotopic (exact) mass is 283 g/mol. The van der Waals surface area contributed by atoms with E-state index in [1.165, 1.54) is 10.6 Å². The third-order valence-electron chi connectivity index (χ3n) is 4.15. The molecule has 5 heteroatoms. The van der Waals surface area contributed by atoms with E-state index in [9.17, 15) is 0 Å². The number of likely N-dealkylation sites (tertiary alicyclic amines) is 1. The highest BCUT2D eigenvalue weighted by atomic mass is 32.1. The van der Waals surface area contributed by atoms with Crippen LogP contribution < -0.4 is 5.73 Å². The van der Waals surface area contributed by atoms with Crippen molar-refractivity contribution >= 4 is 11.3 Å². The van der Waals surface area contributed by atoms with Gasteiger partial charge in [-0.1, -0.05) is 0 Å². The molecule has 2 N–H and O–H groups in total. The highest BCUT2D eigenvalue weighted by Gasteiger charge is 2.32. The van der Waals surface area contributed by atoms with Crippen molar-refractivity contribution in [3.63, 3.8) is 0 Å². The second-order valence-corrected chi connectivity index (χ2v) is 6.77. The lowest BCUT2D eigenvalue weighted by Crippen LogP contribution is -2.49. The summed E-state index contributed by atoms with van der Waals surface area (Å²) in [6, 6.07) is 0.742. The minimum absolute atomic E-state index is 0.344. The number of thiazole rings is 1. The van der Waals surface area contributed by atoms with E-state index in [0.717, 1.165) is 24.4 Å². The molecule has 1 aromatic heterocycles. The Labute approximate surface area is 120 Å². The second-order valence-electron chi connectivity index (χ2n) is 5.36. The van der Waals surface area contributed by atoms with E-state index in [2.05, 4.69) is 25.7 Å². The van der Waals surface area contributed by atoms with Gasteiger partial charge in [-0.15, -0.1) is 11.3 Å². The predicted molar refractivity (Wildman–Crippen MR) is 79.6 cm³/mol. The van der Waals surface area contributed by atoms with Gasteiger partial charge in [-0.05, 0) is 33.6 Å². The topological polar surface area (TPSA) is 51.4 Å². The average Bonchev–Trinajstić information content (AvgIpc) is 2.76. The van der Waals surface area contributed by atoms with Gasteiger partial charge in [0.15, 0.2) is 0 Å². The van der Waals surface area contributed by atoms with Crippen LogP contribution in [0.4, 0.5) is 0 Å². The number of rotatable bonds is 4. The number of aryl methyl sites for hydroxylation is 2. The number of ether oxygens (including phenoxy) is 1. The molecule has 1 saturated heterocycles. The van der Waals surface area contributed by atoms with Crippen molar-refractivity contribution in [1.82, 2.24) is 9.88 Å². The summed E-state index contributed by atoms with van der Waals surface area (Å²) in [6.45, 7) is 8.21. The largest absolute Gasteiger partial charge is 0.381 e. The van der Waals surface area contributed by atoms with Crippen LogP contribution in [0, 0.1) is 13.8 Å². The molecule has 3 atom stereocenters. The molecule has 0 radical (unpaired) electrons. The lowest BCUT2D eigenvalue weighted by Gasteiger charge is -2.41. The quantitative estimate of drug-likeness (QED) is 0.921. The number of aromatic nitrogens is 1. The summed E-state index contributed by atoms with van der Waals surface area (Å²) in [6.07, 6.45) is 2.47. The van der Waals surface area contributed by atoms with Crippen LogP contribution in [0.5, 0.6) is 0 Å². The van der Waals surface area contributed by atoms with Crippen molar-refractivity contribution in [1.29, 1.82) is 0 Å². The lowest BCUT2D eigenvalue weighted by atomic mass is 9.96. The van der Waals surface area contributed by atoms with Crippen molar-refractivity contribution in [2.75, 3.05) is 20.2 Å². The molecule has 1 aliphatic heterocycles. The number of nitrogens with two attached hydrogens (primary N) is 1. The minimum Gasteiger partial charge on any atom is -0.381 e. The molecule has 4 nitrogen and oxygen atoms in total. The molecule has 1 aliphatic rings. The Kier molecular flexibility index (Phi) is 4.95. The first-order valence-corrected chi connectivity index (χ1v) is 7.81. The first-order chi connectivity index (χ1) is 9.06. The van der Waals surface area contributed by atoms with Crippen LogP contribution in [0.2, 0.25) is 0 Å². The first kappa shape index (κ1) is 14.9. The molecule has 0 saturated carbocycles. The normalized spacial score (nSPS) is 26.6. The molecule has 0 spiro atoms. The molecule has 3 unspecified atom stereocenters. The van der Waals surface area contributed by atoms with Crippen molar-refractivity contribution in [3.8, 4) is 0 Å². The Morgan fingerprint density at radius 1 is 1.53 bits per heavy atom. The van der Waals surface area contributed by atoms with Gasteiger partial charge in [-0.25, -0.2) is 4.98 Å². The Hall–Kier alpha value is -0.490. The number of methoxy groups -OCH3 is 1. The summed E-state index contributed by atoms with van der Waals surface area (Å²) >= 11 is 1.78. The average molecular weight is 283 g/mol. The molecule has 0 bridgehead atoms. The summed E-state index contributed by atoms with van der Waals surface area (Å²) in [4.78, 5) is 8.52. The Morgan fingerprint density at radius 2 is 2.26 bits per heavy atom. The van der Waals surface area contributed by atoms with Crippen LogP contribution in [-0.4, -0.2) is 42.2 Å². The highest BCUT2D eigenvalue weighted by Crippen LogP contribution is 2.31. The van der Waals surface area contributed by atoms with E-state index in [4.69, 9.17) is 15.5 Å². The van der Waals surface area contributed by atoms with E-state index < -0.39 is 0 Å². The zero-order valence-corrected chi connectivity index (χ0v) is 13.2. The molecule has 2 heterocycles. The molecule has 2 rings (SSSR count). The zero-order chi connectivity index (χ0) is 14.0. The molecule has 0 aliphatic carbocycles. The van der Waals surface area contributed by atoms with Crippen LogP contribution in [0.15, 0.2) is 0 Å². The van der Waals surface area contributed by atoms with Crippen molar-refractivity contribution in [3.05, 3.63) is 15.6 Å². The van der Waals surface area contributed by atoms with Gasteiger partial charge >= 0.3 is 0 Å². The molecule has 1 aromatic rings. The standard InChI is InChI=1S/C14H25N3OS/c1-9(14-10(2)19-11(3)16-14)17-6-5-13(18-4)7-12(17)8-15/h9,12-13H,5-8,15H2,1-4H3. The molecular weight excluding hydrogens is 258 g/mol. The van der Waals surface area contributed by atoms with Gasteiger partial charge in [0.1, 0.15) is 0 Å². The van der Waals surface area contributed by atoms with Crippen LogP contribution >= 0.6 is 11.3 Å². The summed E-state index contributed by atoms with van der Waals surface area (Å²) in [5, 5.41) is 1.15. The second kappa shape index (κ2) is 6.31. The van der Waals surface area contributed by atoms with E-state index in [-0.39, 0.29) is 0 Å². The highest BCUT2D eigenvalue weighted by molar-refractivity contribution is 7.11. The summed E-state index contributed by atoms with van der Waals surface area (Å²) < 4.78 is 5.49. The Balaban J connectivity index is 2.14. The first-order valence-electron chi connectivity index (χ1n) is 6.99. The van der Waals surface area contributed by atoms with Crippen LogP contribution in [0.25, 0.3) is 0 Å². The summed E-state index contributed by atoms with van der Waals surface area (Å²) in [5.41, 5.74) is 7.17.